The maximum absolute atomic E-state index is 6.05. The standard InChI is InChI=1S/C15H21BrN2O/c1-15(2)10-18(9-12(8-16)19-15)14-7-6-11-4-3-5-13(11)17-14/h6-7,12H,3-5,8-10H2,1-2H3. The quantitative estimate of drug-likeness (QED) is 0.782. The van der Waals surface area contributed by atoms with Gasteiger partial charge in [-0.25, -0.2) is 4.98 Å². The van der Waals surface area contributed by atoms with E-state index in [1.54, 1.807) is 0 Å². The van der Waals surface area contributed by atoms with Crippen molar-refractivity contribution in [2.45, 2.75) is 44.8 Å². The Labute approximate surface area is 123 Å². The molecule has 1 aliphatic heterocycles. The lowest BCUT2D eigenvalue weighted by atomic mass is 10.1. The molecule has 0 N–H and O–H groups in total. The molecule has 0 bridgehead atoms. The molecule has 1 unspecified atom stereocenters. The Balaban J connectivity index is 1.84. The largest absolute Gasteiger partial charge is 0.368 e. The predicted molar refractivity (Wildman–Crippen MR) is 81.2 cm³/mol. The van der Waals surface area contributed by atoms with Crippen molar-refractivity contribution in [1.82, 2.24) is 4.98 Å². The first-order chi connectivity index (χ1) is 9.07. The first-order valence-corrected chi connectivity index (χ1v) is 8.17. The summed E-state index contributed by atoms with van der Waals surface area (Å²) < 4.78 is 6.05. The number of anilines is 1. The fraction of sp³-hybridized carbons (Fsp3) is 0.667. The SMILES string of the molecule is CC1(C)CN(c2ccc3c(n2)CCC3)CC(CBr)O1. The normalized spacial score (nSPS) is 25.4. The van der Waals surface area contributed by atoms with Gasteiger partial charge in [0.15, 0.2) is 0 Å². The van der Waals surface area contributed by atoms with E-state index >= 15 is 0 Å². The molecule has 2 aliphatic rings. The Morgan fingerprint density at radius 2 is 2.26 bits per heavy atom. The summed E-state index contributed by atoms with van der Waals surface area (Å²) in [6.07, 6.45) is 3.82. The number of nitrogens with zero attached hydrogens (tertiary/aromatic N) is 2. The van der Waals surface area contributed by atoms with Crippen molar-refractivity contribution in [1.29, 1.82) is 0 Å². The van der Waals surface area contributed by atoms with Gasteiger partial charge in [0, 0.05) is 24.1 Å². The van der Waals surface area contributed by atoms with E-state index in [4.69, 9.17) is 9.72 Å². The molecule has 3 nitrogen and oxygen atoms in total. The average Bonchev–Trinajstić information content (AvgIpc) is 2.83. The molecule has 0 spiro atoms. The van der Waals surface area contributed by atoms with E-state index in [1.165, 1.54) is 24.1 Å². The number of alkyl halides is 1. The van der Waals surface area contributed by atoms with Crippen LogP contribution < -0.4 is 4.90 Å². The van der Waals surface area contributed by atoms with Gasteiger partial charge in [-0.2, -0.15) is 0 Å². The van der Waals surface area contributed by atoms with Gasteiger partial charge in [0.2, 0.25) is 0 Å². The van der Waals surface area contributed by atoms with Crippen LogP contribution in [0.25, 0.3) is 0 Å². The van der Waals surface area contributed by atoms with Gasteiger partial charge < -0.3 is 9.64 Å². The molecular weight excluding hydrogens is 304 g/mol. The molecule has 1 saturated heterocycles. The second-order valence-electron chi connectivity index (χ2n) is 6.16. The van der Waals surface area contributed by atoms with Crippen LogP contribution in [0.3, 0.4) is 0 Å². The van der Waals surface area contributed by atoms with E-state index in [-0.39, 0.29) is 11.7 Å². The number of aromatic nitrogens is 1. The van der Waals surface area contributed by atoms with Crippen LogP contribution in [0.2, 0.25) is 0 Å². The Bertz CT molecular complexity index is 475. The predicted octanol–water partition coefficient (Wildman–Crippen LogP) is 2.95. The number of morpholine rings is 1. The van der Waals surface area contributed by atoms with Crippen LogP contribution in [0.15, 0.2) is 12.1 Å². The summed E-state index contributed by atoms with van der Waals surface area (Å²) >= 11 is 3.54. The minimum Gasteiger partial charge on any atom is -0.368 e. The van der Waals surface area contributed by atoms with Crippen LogP contribution in [-0.4, -0.2) is 35.1 Å². The van der Waals surface area contributed by atoms with Gasteiger partial charge in [0.05, 0.1) is 11.7 Å². The van der Waals surface area contributed by atoms with Gasteiger partial charge in [-0.15, -0.1) is 0 Å². The van der Waals surface area contributed by atoms with Crippen molar-refractivity contribution in [2.24, 2.45) is 0 Å². The van der Waals surface area contributed by atoms with E-state index < -0.39 is 0 Å². The summed E-state index contributed by atoms with van der Waals surface area (Å²) in [6, 6.07) is 4.44. The van der Waals surface area contributed by atoms with Gasteiger partial charge in [0.1, 0.15) is 5.82 Å². The van der Waals surface area contributed by atoms with Crippen LogP contribution in [0.4, 0.5) is 5.82 Å². The second-order valence-corrected chi connectivity index (χ2v) is 6.81. The molecule has 0 aromatic carbocycles. The summed E-state index contributed by atoms with van der Waals surface area (Å²) in [6.45, 7) is 6.13. The number of hydrogen-bond donors (Lipinski definition) is 0. The zero-order valence-corrected chi connectivity index (χ0v) is 13.2. The van der Waals surface area contributed by atoms with E-state index in [1.807, 2.05) is 0 Å². The first-order valence-electron chi connectivity index (χ1n) is 7.05. The van der Waals surface area contributed by atoms with Crippen molar-refractivity contribution in [2.75, 3.05) is 23.3 Å². The molecule has 1 fully saturated rings. The third kappa shape index (κ3) is 2.79. The van der Waals surface area contributed by atoms with E-state index in [9.17, 15) is 0 Å². The Hall–Kier alpha value is -0.610. The van der Waals surface area contributed by atoms with Gasteiger partial charge in [-0.3, -0.25) is 0 Å². The number of fused-ring (bicyclic) bond motifs is 1. The smallest absolute Gasteiger partial charge is 0.129 e. The fourth-order valence-electron chi connectivity index (χ4n) is 3.14. The lowest BCUT2D eigenvalue weighted by Gasteiger charge is -2.43. The number of aryl methyl sites for hydroxylation is 2. The van der Waals surface area contributed by atoms with Crippen LogP contribution in [0, 0.1) is 0 Å². The highest BCUT2D eigenvalue weighted by atomic mass is 79.9. The van der Waals surface area contributed by atoms with Crippen LogP contribution in [0.1, 0.15) is 31.5 Å². The zero-order chi connectivity index (χ0) is 13.5. The van der Waals surface area contributed by atoms with Crippen LogP contribution in [0.5, 0.6) is 0 Å². The van der Waals surface area contributed by atoms with E-state index in [0.717, 1.165) is 30.7 Å². The minimum atomic E-state index is -0.114. The Morgan fingerprint density at radius 1 is 1.42 bits per heavy atom. The summed E-state index contributed by atoms with van der Waals surface area (Å²) in [4.78, 5) is 7.24. The Morgan fingerprint density at radius 3 is 3.05 bits per heavy atom. The molecule has 1 aliphatic carbocycles. The molecule has 1 aromatic heterocycles. The lowest BCUT2D eigenvalue weighted by Crippen LogP contribution is -2.53. The maximum atomic E-state index is 6.05. The van der Waals surface area contributed by atoms with Crippen molar-refractivity contribution in [3.63, 3.8) is 0 Å². The minimum absolute atomic E-state index is 0.114. The number of halogens is 1. The highest BCUT2D eigenvalue weighted by Crippen LogP contribution is 2.28. The number of hydrogen-bond acceptors (Lipinski definition) is 3. The molecule has 4 heteroatoms. The third-order valence-electron chi connectivity index (χ3n) is 3.89. The highest BCUT2D eigenvalue weighted by molar-refractivity contribution is 9.09. The summed E-state index contributed by atoms with van der Waals surface area (Å²) in [7, 11) is 0. The van der Waals surface area contributed by atoms with Gasteiger partial charge >= 0.3 is 0 Å². The van der Waals surface area contributed by atoms with Crippen molar-refractivity contribution < 1.29 is 4.74 Å². The maximum Gasteiger partial charge on any atom is 0.129 e. The molecule has 0 saturated carbocycles. The van der Waals surface area contributed by atoms with E-state index in [0.29, 0.717) is 0 Å². The third-order valence-corrected chi connectivity index (χ3v) is 4.61. The number of pyridine rings is 1. The van der Waals surface area contributed by atoms with Crippen molar-refractivity contribution >= 4 is 21.7 Å². The molecule has 0 radical (unpaired) electrons. The highest BCUT2D eigenvalue weighted by Gasteiger charge is 2.33. The molecule has 1 atom stereocenters. The number of rotatable bonds is 2. The van der Waals surface area contributed by atoms with Crippen molar-refractivity contribution in [3.05, 3.63) is 23.4 Å². The molecule has 3 rings (SSSR count). The number of ether oxygens (including phenoxy) is 1. The average molecular weight is 325 g/mol. The molecule has 1 aromatic rings. The van der Waals surface area contributed by atoms with Crippen LogP contribution in [-0.2, 0) is 17.6 Å². The fourth-order valence-corrected chi connectivity index (χ4v) is 3.47. The summed E-state index contributed by atoms with van der Waals surface area (Å²) in [5.41, 5.74) is 2.63. The monoisotopic (exact) mass is 324 g/mol. The summed E-state index contributed by atoms with van der Waals surface area (Å²) in [5.74, 6) is 1.11. The van der Waals surface area contributed by atoms with E-state index in [2.05, 4.69) is 46.8 Å². The van der Waals surface area contributed by atoms with Gasteiger partial charge in [-0.1, -0.05) is 22.0 Å². The Kier molecular flexibility index (Phi) is 3.56. The van der Waals surface area contributed by atoms with Gasteiger partial charge in [0.25, 0.3) is 0 Å². The molecular formula is C15H21BrN2O. The first kappa shape index (κ1) is 13.4. The zero-order valence-electron chi connectivity index (χ0n) is 11.7. The van der Waals surface area contributed by atoms with Crippen molar-refractivity contribution in [3.8, 4) is 0 Å². The summed E-state index contributed by atoms with van der Waals surface area (Å²) in [5, 5.41) is 0.873. The lowest BCUT2D eigenvalue weighted by molar-refractivity contribution is -0.0726. The molecule has 19 heavy (non-hydrogen) atoms. The molecule has 104 valence electrons. The van der Waals surface area contributed by atoms with Gasteiger partial charge in [-0.05, 0) is 44.7 Å². The topological polar surface area (TPSA) is 25.4 Å². The van der Waals surface area contributed by atoms with Crippen LogP contribution >= 0.6 is 15.9 Å². The second kappa shape index (κ2) is 5.06. The molecule has 0 amide bonds. The molecule has 2 heterocycles.